The van der Waals surface area contributed by atoms with E-state index in [4.69, 9.17) is 15.0 Å². The first-order valence-corrected chi connectivity index (χ1v) is 9.34. The van der Waals surface area contributed by atoms with E-state index in [2.05, 4.69) is 10.1 Å². The number of aromatic nitrogens is 2. The van der Waals surface area contributed by atoms with Crippen LogP contribution in [0.25, 0.3) is 11.3 Å². The van der Waals surface area contributed by atoms with Crippen LogP contribution in [-0.2, 0) is 0 Å². The molecule has 0 aliphatic carbocycles. The first-order chi connectivity index (χ1) is 14.1. The fourth-order valence-corrected chi connectivity index (χ4v) is 3.31. The van der Waals surface area contributed by atoms with E-state index in [0.717, 1.165) is 18.4 Å². The minimum Gasteiger partial charge on any atom is -0.488 e. The zero-order valence-corrected chi connectivity index (χ0v) is 15.7. The number of rotatable bonds is 5. The zero-order chi connectivity index (χ0) is 20.2. The highest BCUT2D eigenvalue weighted by molar-refractivity contribution is 5.93. The SMILES string of the molecule is NC(=O)c1cc(OC2CCCN(C(=O)c3cc(-c4ccccc4)on3)C2)ccn1. The van der Waals surface area contributed by atoms with E-state index in [-0.39, 0.29) is 23.4 Å². The molecule has 2 amide bonds. The van der Waals surface area contributed by atoms with Crippen LogP contribution in [0.15, 0.2) is 59.3 Å². The van der Waals surface area contributed by atoms with Gasteiger partial charge in [0.25, 0.3) is 11.8 Å². The van der Waals surface area contributed by atoms with Gasteiger partial charge < -0.3 is 19.9 Å². The summed E-state index contributed by atoms with van der Waals surface area (Å²) in [5, 5.41) is 3.94. The lowest BCUT2D eigenvalue weighted by molar-refractivity contribution is 0.0528. The Morgan fingerprint density at radius 3 is 2.76 bits per heavy atom. The van der Waals surface area contributed by atoms with Crippen molar-refractivity contribution >= 4 is 11.8 Å². The highest BCUT2D eigenvalue weighted by Crippen LogP contribution is 2.23. The van der Waals surface area contributed by atoms with Crippen molar-refractivity contribution in [3.8, 4) is 17.1 Å². The van der Waals surface area contributed by atoms with Crippen LogP contribution in [0.2, 0.25) is 0 Å². The van der Waals surface area contributed by atoms with Crippen molar-refractivity contribution in [1.29, 1.82) is 0 Å². The first kappa shape index (κ1) is 18.7. The maximum Gasteiger partial charge on any atom is 0.276 e. The first-order valence-electron chi connectivity index (χ1n) is 9.34. The van der Waals surface area contributed by atoms with Gasteiger partial charge in [-0.25, -0.2) is 0 Å². The van der Waals surface area contributed by atoms with Crippen molar-refractivity contribution in [3.05, 3.63) is 66.1 Å². The summed E-state index contributed by atoms with van der Waals surface area (Å²) >= 11 is 0. The molecule has 1 aliphatic heterocycles. The lowest BCUT2D eigenvalue weighted by Gasteiger charge is -2.32. The minimum absolute atomic E-state index is 0.141. The number of pyridine rings is 1. The third-order valence-electron chi connectivity index (χ3n) is 4.74. The van der Waals surface area contributed by atoms with E-state index in [1.54, 1.807) is 17.0 Å². The molecule has 148 valence electrons. The molecular weight excluding hydrogens is 372 g/mol. The Hall–Kier alpha value is -3.68. The van der Waals surface area contributed by atoms with Gasteiger partial charge in [-0.15, -0.1) is 0 Å². The molecule has 0 bridgehead atoms. The fourth-order valence-electron chi connectivity index (χ4n) is 3.31. The van der Waals surface area contributed by atoms with Gasteiger partial charge in [-0.2, -0.15) is 0 Å². The summed E-state index contributed by atoms with van der Waals surface area (Å²) < 4.78 is 11.3. The van der Waals surface area contributed by atoms with Crippen molar-refractivity contribution in [2.24, 2.45) is 5.73 Å². The summed E-state index contributed by atoms with van der Waals surface area (Å²) in [6.07, 6.45) is 2.87. The number of piperidine rings is 1. The third-order valence-corrected chi connectivity index (χ3v) is 4.74. The molecule has 29 heavy (non-hydrogen) atoms. The number of benzene rings is 1. The number of nitrogens with two attached hydrogens (primary N) is 1. The molecule has 0 radical (unpaired) electrons. The quantitative estimate of drug-likeness (QED) is 0.714. The van der Waals surface area contributed by atoms with Crippen molar-refractivity contribution in [1.82, 2.24) is 15.0 Å². The van der Waals surface area contributed by atoms with E-state index in [1.165, 1.54) is 12.3 Å². The second-order valence-corrected chi connectivity index (χ2v) is 6.82. The van der Waals surface area contributed by atoms with Crippen molar-refractivity contribution in [2.75, 3.05) is 13.1 Å². The van der Waals surface area contributed by atoms with Crippen LogP contribution in [0, 0.1) is 0 Å². The second kappa shape index (κ2) is 8.14. The molecule has 8 heteroatoms. The Kier molecular flexibility index (Phi) is 5.24. The number of hydrogen-bond donors (Lipinski definition) is 1. The average molecular weight is 392 g/mol. The summed E-state index contributed by atoms with van der Waals surface area (Å²) in [5.74, 6) is 0.239. The lowest BCUT2D eigenvalue weighted by Crippen LogP contribution is -2.44. The second-order valence-electron chi connectivity index (χ2n) is 6.82. The largest absolute Gasteiger partial charge is 0.488 e. The van der Waals surface area contributed by atoms with Gasteiger partial charge in [0.05, 0.1) is 6.54 Å². The van der Waals surface area contributed by atoms with E-state index < -0.39 is 5.91 Å². The summed E-state index contributed by atoms with van der Waals surface area (Å²) in [6.45, 7) is 1.04. The van der Waals surface area contributed by atoms with E-state index >= 15 is 0 Å². The molecule has 8 nitrogen and oxygen atoms in total. The number of amides is 2. The molecule has 2 aromatic heterocycles. The predicted molar refractivity (Wildman–Crippen MR) is 104 cm³/mol. The van der Waals surface area contributed by atoms with Crippen LogP contribution in [-0.4, -0.2) is 46.0 Å². The molecule has 4 rings (SSSR count). The molecule has 0 saturated carbocycles. The molecule has 2 N–H and O–H groups in total. The Morgan fingerprint density at radius 1 is 1.14 bits per heavy atom. The van der Waals surface area contributed by atoms with Gasteiger partial charge in [-0.3, -0.25) is 14.6 Å². The van der Waals surface area contributed by atoms with Gasteiger partial charge in [-0.05, 0) is 18.9 Å². The molecule has 0 spiro atoms. The molecule has 1 aliphatic rings. The molecule has 1 saturated heterocycles. The zero-order valence-electron chi connectivity index (χ0n) is 15.7. The van der Waals surface area contributed by atoms with Crippen molar-refractivity contribution < 1.29 is 18.8 Å². The monoisotopic (exact) mass is 392 g/mol. The lowest BCUT2D eigenvalue weighted by atomic mass is 10.1. The molecular formula is C21H20N4O4. The van der Waals surface area contributed by atoms with Crippen LogP contribution in [0.3, 0.4) is 0 Å². The number of hydrogen-bond acceptors (Lipinski definition) is 6. The van der Waals surface area contributed by atoms with E-state index in [0.29, 0.717) is 24.6 Å². The molecule has 1 atom stereocenters. The number of likely N-dealkylation sites (tertiary alicyclic amines) is 1. The van der Waals surface area contributed by atoms with Gasteiger partial charge >= 0.3 is 0 Å². The van der Waals surface area contributed by atoms with Crippen LogP contribution in [0.1, 0.15) is 33.8 Å². The fraction of sp³-hybridized carbons (Fsp3) is 0.238. The Balaban J connectivity index is 1.43. The van der Waals surface area contributed by atoms with Gasteiger partial charge in [-0.1, -0.05) is 35.5 Å². The Bertz CT molecular complexity index is 1020. The van der Waals surface area contributed by atoms with Gasteiger partial charge in [0.2, 0.25) is 0 Å². The maximum absolute atomic E-state index is 12.9. The molecule has 3 aromatic rings. The highest BCUT2D eigenvalue weighted by atomic mass is 16.5. The molecule has 1 unspecified atom stereocenters. The standard InChI is InChI=1S/C21H20N4O4/c22-20(26)17-11-15(8-9-23-17)28-16-7-4-10-25(13-16)21(27)18-12-19(29-24-18)14-5-2-1-3-6-14/h1-3,5-6,8-9,11-12,16H,4,7,10,13H2,(H2,22,26). The van der Waals surface area contributed by atoms with Gasteiger partial charge in [0.15, 0.2) is 11.5 Å². The Morgan fingerprint density at radius 2 is 1.97 bits per heavy atom. The summed E-state index contributed by atoms with van der Waals surface area (Å²) in [4.78, 5) is 29.8. The normalized spacial score (nSPS) is 16.4. The molecule has 1 aromatic carbocycles. The summed E-state index contributed by atoms with van der Waals surface area (Å²) in [6, 6.07) is 14.3. The summed E-state index contributed by atoms with van der Waals surface area (Å²) in [7, 11) is 0. The number of ether oxygens (including phenoxy) is 1. The number of primary amides is 1. The van der Waals surface area contributed by atoms with Crippen LogP contribution >= 0.6 is 0 Å². The van der Waals surface area contributed by atoms with Crippen molar-refractivity contribution in [2.45, 2.75) is 18.9 Å². The third kappa shape index (κ3) is 4.26. The minimum atomic E-state index is -0.615. The Labute approximate surface area is 167 Å². The van der Waals surface area contributed by atoms with Crippen molar-refractivity contribution in [3.63, 3.8) is 0 Å². The smallest absolute Gasteiger partial charge is 0.276 e. The molecule has 3 heterocycles. The predicted octanol–water partition coefficient (Wildman–Crippen LogP) is 2.52. The topological polar surface area (TPSA) is 112 Å². The maximum atomic E-state index is 12.9. The highest BCUT2D eigenvalue weighted by Gasteiger charge is 2.28. The van der Waals surface area contributed by atoms with Crippen LogP contribution in [0.4, 0.5) is 0 Å². The number of nitrogens with zero attached hydrogens (tertiary/aromatic N) is 3. The van der Waals surface area contributed by atoms with Crippen LogP contribution < -0.4 is 10.5 Å². The van der Waals surface area contributed by atoms with Gasteiger partial charge in [0, 0.05) is 30.4 Å². The average Bonchev–Trinajstić information content (AvgIpc) is 3.24. The van der Waals surface area contributed by atoms with E-state index in [1.807, 2.05) is 30.3 Å². The number of carbonyl (C=O) groups is 2. The van der Waals surface area contributed by atoms with Gasteiger partial charge in [0.1, 0.15) is 17.5 Å². The van der Waals surface area contributed by atoms with Crippen LogP contribution in [0.5, 0.6) is 5.75 Å². The summed E-state index contributed by atoms with van der Waals surface area (Å²) in [5.41, 5.74) is 6.53. The molecule has 1 fully saturated rings. The number of carbonyl (C=O) groups excluding carboxylic acids is 2. The van der Waals surface area contributed by atoms with E-state index in [9.17, 15) is 9.59 Å².